The molecule has 0 aromatic heterocycles. The van der Waals surface area contributed by atoms with E-state index in [1.54, 1.807) is 21.1 Å². The zero-order valence-corrected chi connectivity index (χ0v) is 12.6. The molecule has 4 N–H and O–H groups in total. The minimum absolute atomic E-state index is 0.303. The molecule has 0 saturated carbocycles. The Morgan fingerprint density at radius 2 is 1.95 bits per heavy atom. The Labute approximate surface area is 116 Å². The summed E-state index contributed by atoms with van der Waals surface area (Å²) in [5.74, 6) is -0.458. The molecule has 0 aliphatic rings. The van der Waals surface area contributed by atoms with E-state index in [1.807, 2.05) is 0 Å². The summed E-state index contributed by atoms with van der Waals surface area (Å²) in [6.45, 7) is 6.79. The average molecular weight is 275 g/mol. The van der Waals surface area contributed by atoms with E-state index in [1.165, 1.54) is 0 Å². The quantitative estimate of drug-likeness (QED) is 0.552. The molecule has 0 bridgehead atoms. The van der Waals surface area contributed by atoms with E-state index in [0.29, 0.717) is 25.7 Å². The first-order valence-corrected chi connectivity index (χ1v) is 6.66. The van der Waals surface area contributed by atoms with Crippen molar-refractivity contribution in [3.63, 3.8) is 0 Å². The summed E-state index contributed by atoms with van der Waals surface area (Å²) in [4.78, 5) is 13.4. The van der Waals surface area contributed by atoms with Crippen LogP contribution in [-0.2, 0) is 14.3 Å². The van der Waals surface area contributed by atoms with E-state index in [9.17, 15) is 4.79 Å². The Bertz CT molecular complexity index is 260. The Morgan fingerprint density at radius 3 is 2.42 bits per heavy atom. The highest BCUT2D eigenvalue weighted by Gasteiger charge is 2.25. The lowest BCUT2D eigenvalue weighted by atomic mass is 9.96. The largest absolute Gasteiger partial charge is 0.383 e. The molecule has 0 aliphatic heterocycles. The van der Waals surface area contributed by atoms with Crippen molar-refractivity contribution in [2.24, 2.45) is 11.5 Å². The van der Waals surface area contributed by atoms with Gasteiger partial charge in [-0.15, -0.1) is 0 Å². The van der Waals surface area contributed by atoms with Gasteiger partial charge in [0.25, 0.3) is 0 Å². The molecule has 0 fully saturated rings. The fourth-order valence-electron chi connectivity index (χ4n) is 1.88. The predicted molar refractivity (Wildman–Crippen MR) is 75.8 cm³/mol. The van der Waals surface area contributed by atoms with E-state index in [2.05, 4.69) is 11.8 Å². The molecule has 0 spiro atoms. The number of amides is 1. The van der Waals surface area contributed by atoms with Crippen LogP contribution in [-0.4, -0.2) is 62.9 Å². The average Bonchev–Trinajstić information content (AvgIpc) is 2.33. The molecule has 0 aromatic rings. The van der Waals surface area contributed by atoms with Crippen molar-refractivity contribution in [1.29, 1.82) is 0 Å². The van der Waals surface area contributed by atoms with Crippen molar-refractivity contribution in [2.45, 2.75) is 38.3 Å². The van der Waals surface area contributed by atoms with Crippen molar-refractivity contribution in [1.82, 2.24) is 4.90 Å². The highest BCUT2D eigenvalue weighted by Crippen LogP contribution is 2.10. The van der Waals surface area contributed by atoms with Crippen LogP contribution in [0, 0.1) is 0 Å². The van der Waals surface area contributed by atoms with Crippen molar-refractivity contribution < 1.29 is 14.3 Å². The second kappa shape index (κ2) is 9.25. The predicted octanol–water partition coefficient (Wildman–Crippen LogP) is -0.0474. The van der Waals surface area contributed by atoms with Gasteiger partial charge < -0.3 is 20.9 Å². The number of methoxy groups -OCH3 is 2. The topological polar surface area (TPSA) is 90.8 Å². The second-order valence-corrected chi connectivity index (χ2v) is 5.22. The van der Waals surface area contributed by atoms with E-state index < -0.39 is 11.4 Å². The van der Waals surface area contributed by atoms with Crippen LogP contribution >= 0.6 is 0 Å². The van der Waals surface area contributed by atoms with Crippen LogP contribution in [0.25, 0.3) is 0 Å². The van der Waals surface area contributed by atoms with Gasteiger partial charge in [0, 0.05) is 26.8 Å². The maximum Gasteiger partial charge on any atom is 0.237 e. The standard InChI is InChI=1S/C13H29N3O3/c1-11(10-19-4)16(8-9-18-3)7-5-6-13(2,15)12(14)17/h11H,5-10,15H2,1-4H3,(H2,14,17). The molecule has 19 heavy (non-hydrogen) atoms. The van der Waals surface area contributed by atoms with Crippen molar-refractivity contribution >= 4 is 5.91 Å². The van der Waals surface area contributed by atoms with Crippen LogP contribution in [0.15, 0.2) is 0 Å². The number of carbonyl (C=O) groups is 1. The van der Waals surface area contributed by atoms with Gasteiger partial charge in [0.15, 0.2) is 0 Å². The lowest BCUT2D eigenvalue weighted by Crippen LogP contribution is -2.50. The number of nitrogens with zero attached hydrogens (tertiary/aromatic N) is 1. The summed E-state index contributed by atoms with van der Waals surface area (Å²) in [5.41, 5.74) is 10.2. The van der Waals surface area contributed by atoms with Gasteiger partial charge in [-0.05, 0) is 33.2 Å². The Kier molecular flexibility index (Phi) is 8.92. The molecule has 0 radical (unpaired) electrons. The van der Waals surface area contributed by atoms with Gasteiger partial charge in [0.2, 0.25) is 5.91 Å². The first-order chi connectivity index (χ1) is 8.85. The number of hydrogen-bond acceptors (Lipinski definition) is 5. The first-order valence-electron chi connectivity index (χ1n) is 6.66. The number of ether oxygens (including phenoxy) is 2. The summed E-state index contributed by atoms with van der Waals surface area (Å²) in [6.07, 6.45) is 1.39. The van der Waals surface area contributed by atoms with Crippen LogP contribution < -0.4 is 11.5 Å². The van der Waals surface area contributed by atoms with Crippen LogP contribution in [0.1, 0.15) is 26.7 Å². The number of hydrogen-bond donors (Lipinski definition) is 2. The first kappa shape index (κ1) is 18.3. The molecule has 2 unspecified atom stereocenters. The molecule has 114 valence electrons. The van der Waals surface area contributed by atoms with Gasteiger partial charge >= 0.3 is 0 Å². The van der Waals surface area contributed by atoms with Gasteiger partial charge in [-0.25, -0.2) is 0 Å². The third kappa shape index (κ3) is 7.47. The number of nitrogens with two attached hydrogens (primary N) is 2. The number of rotatable bonds is 11. The molecular formula is C13H29N3O3. The van der Waals surface area contributed by atoms with E-state index >= 15 is 0 Å². The Morgan fingerprint density at radius 1 is 1.32 bits per heavy atom. The van der Waals surface area contributed by atoms with E-state index in [4.69, 9.17) is 20.9 Å². The summed E-state index contributed by atoms with van der Waals surface area (Å²) in [5, 5.41) is 0. The van der Waals surface area contributed by atoms with Crippen molar-refractivity contribution in [2.75, 3.05) is 40.5 Å². The normalized spacial score (nSPS) is 16.3. The van der Waals surface area contributed by atoms with Crippen LogP contribution in [0.4, 0.5) is 0 Å². The molecule has 0 saturated heterocycles. The van der Waals surface area contributed by atoms with Crippen LogP contribution in [0.3, 0.4) is 0 Å². The smallest absolute Gasteiger partial charge is 0.237 e. The fraction of sp³-hybridized carbons (Fsp3) is 0.923. The Hall–Kier alpha value is -0.690. The third-order valence-corrected chi connectivity index (χ3v) is 3.32. The molecule has 2 atom stereocenters. The zero-order chi connectivity index (χ0) is 14.9. The van der Waals surface area contributed by atoms with E-state index in [0.717, 1.165) is 19.5 Å². The summed E-state index contributed by atoms with van der Waals surface area (Å²) < 4.78 is 10.3. The maximum atomic E-state index is 11.1. The minimum Gasteiger partial charge on any atom is -0.383 e. The molecule has 0 rings (SSSR count). The van der Waals surface area contributed by atoms with Gasteiger partial charge in [-0.3, -0.25) is 9.69 Å². The van der Waals surface area contributed by atoms with Crippen LogP contribution in [0.5, 0.6) is 0 Å². The minimum atomic E-state index is -0.933. The van der Waals surface area contributed by atoms with Crippen LogP contribution in [0.2, 0.25) is 0 Å². The van der Waals surface area contributed by atoms with Crippen molar-refractivity contribution in [3.05, 3.63) is 0 Å². The van der Waals surface area contributed by atoms with E-state index in [-0.39, 0.29) is 0 Å². The summed E-state index contributed by atoms with van der Waals surface area (Å²) in [7, 11) is 3.37. The lowest BCUT2D eigenvalue weighted by molar-refractivity contribution is -0.122. The van der Waals surface area contributed by atoms with Gasteiger partial charge in [-0.2, -0.15) is 0 Å². The zero-order valence-electron chi connectivity index (χ0n) is 12.6. The SMILES string of the molecule is COCCN(CCCC(C)(N)C(N)=O)C(C)COC. The monoisotopic (exact) mass is 275 g/mol. The maximum absolute atomic E-state index is 11.1. The fourth-order valence-corrected chi connectivity index (χ4v) is 1.88. The molecule has 0 aliphatic carbocycles. The van der Waals surface area contributed by atoms with Gasteiger partial charge in [0.05, 0.1) is 18.8 Å². The Balaban J connectivity index is 4.21. The molecular weight excluding hydrogens is 246 g/mol. The molecule has 0 heterocycles. The lowest BCUT2D eigenvalue weighted by Gasteiger charge is -2.29. The summed E-state index contributed by atoms with van der Waals surface area (Å²) >= 11 is 0. The van der Waals surface area contributed by atoms with Gasteiger partial charge in [-0.1, -0.05) is 0 Å². The highest BCUT2D eigenvalue weighted by atomic mass is 16.5. The number of carbonyl (C=O) groups excluding carboxylic acids is 1. The molecule has 0 aromatic carbocycles. The third-order valence-electron chi connectivity index (χ3n) is 3.32. The summed E-state index contributed by atoms with van der Waals surface area (Å²) in [6, 6.07) is 0.303. The molecule has 1 amide bonds. The molecule has 6 heteroatoms. The second-order valence-electron chi connectivity index (χ2n) is 5.22. The van der Waals surface area contributed by atoms with Crippen molar-refractivity contribution in [3.8, 4) is 0 Å². The number of primary amides is 1. The van der Waals surface area contributed by atoms with Gasteiger partial charge in [0.1, 0.15) is 0 Å². The highest BCUT2D eigenvalue weighted by molar-refractivity contribution is 5.83. The molecule has 6 nitrogen and oxygen atoms in total.